The van der Waals surface area contributed by atoms with Crippen molar-refractivity contribution in [2.24, 2.45) is 0 Å². The Hall–Kier alpha value is -2.38. The van der Waals surface area contributed by atoms with E-state index in [0.717, 1.165) is 0 Å². The van der Waals surface area contributed by atoms with E-state index in [1.165, 1.54) is 12.1 Å². The first kappa shape index (κ1) is 15.7. The number of aromatic nitrogens is 1. The van der Waals surface area contributed by atoms with Crippen LogP contribution in [0.15, 0.2) is 12.1 Å². The van der Waals surface area contributed by atoms with Crippen molar-refractivity contribution in [2.45, 2.75) is 20.3 Å². The molecule has 0 saturated heterocycles. The Labute approximate surface area is 117 Å². The summed E-state index contributed by atoms with van der Waals surface area (Å²) in [6, 6.07) is 2.72. The van der Waals surface area contributed by atoms with Crippen molar-refractivity contribution in [3.63, 3.8) is 0 Å². The van der Waals surface area contributed by atoms with Crippen LogP contribution in [0.1, 0.15) is 20.3 Å². The Kier molecular flexibility index (Phi) is 6.21. The van der Waals surface area contributed by atoms with Gasteiger partial charge >= 0.3 is 0 Å². The van der Waals surface area contributed by atoms with Gasteiger partial charge in [0.05, 0.1) is 17.1 Å². The molecule has 20 heavy (non-hydrogen) atoms. The largest absolute Gasteiger partial charge is 0.370 e. The van der Waals surface area contributed by atoms with Gasteiger partial charge in [-0.1, -0.05) is 0 Å². The molecule has 1 aromatic rings. The third kappa shape index (κ3) is 5.09. The topological polar surface area (TPSA) is 109 Å². The van der Waals surface area contributed by atoms with Crippen molar-refractivity contribution in [3.05, 3.63) is 22.2 Å². The highest BCUT2D eigenvalue weighted by Gasteiger charge is 2.11. The number of pyridine rings is 1. The molecule has 1 heterocycles. The fourth-order valence-corrected chi connectivity index (χ4v) is 1.57. The summed E-state index contributed by atoms with van der Waals surface area (Å²) < 4.78 is 0. The molecule has 8 nitrogen and oxygen atoms in total. The fraction of sp³-hybridized carbons (Fsp3) is 0.500. The van der Waals surface area contributed by atoms with Crippen molar-refractivity contribution >= 4 is 23.2 Å². The Morgan fingerprint density at radius 3 is 2.45 bits per heavy atom. The lowest BCUT2D eigenvalue weighted by Gasteiger charge is -2.08. The first-order valence-electron chi connectivity index (χ1n) is 6.47. The van der Waals surface area contributed by atoms with Gasteiger partial charge in [0.1, 0.15) is 11.6 Å². The molecule has 0 fully saturated rings. The van der Waals surface area contributed by atoms with Crippen LogP contribution in [-0.4, -0.2) is 35.4 Å². The molecule has 0 spiro atoms. The Balaban J connectivity index is 2.68. The lowest BCUT2D eigenvalue weighted by atomic mass is 10.3. The quantitative estimate of drug-likeness (QED) is 0.490. The molecule has 1 rings (SSSR count). The molecule has 0 bridgehead atoms. The maximum absolute atomic E-state index is 11.3. The molecular weight excluding hydrogens is 262 g/mol. The summed E-state index contributed by atoms with van der Waals surface area (Å²) in [6.07, 6.45) is 0.286. The van der Waals surface area contributed by atoms with Crippen LogP contribution >= 0.6 is 0 Å². The van der Waals surface area contributed by atoms with Crippen LogP contribution in [0.2, 0.25) is 0 Å². The van der Waals surface area contributed by atoms with Crippen LogP contribution in [-0.2, 0) is 4.79 Å². The number of rotatable bonds is 8. The molecule has 0 radical (unpaired) electrons. The molecule has 0 aliphatic heterocycles. The summed E-state index contributed by atoms with van der Waals surface area (Å²) in [4.78, 5) is 25.8. The molecule has 1 amide bonds. The van der Waals surface area contributed by atoms with Crippen LogP contribution in [0.4, 0.5) is 17.3 Å². The summed E-state index contributed by atoms with van der Waals surface area (Å²) in [5.74, 6) is 0.735. The van der Waals surface area contributed by atoms with Gasteiger partial charge in [0.15, 0.2) is 0 Å². The first-order valence-corrected chi connectivity index (χ1v) is 6.47. The maximum Gasteiger partial charge on any atom is 0.276 e. The van der Waals surface area contributed by atoms with Gasteiger partial charge in [-0.05, 0) is 13.8 Å². The van der Waals surface area contributed by atoms with Crippen LogP contribution < -0.4 is 16.0 Å². The van der Waals surface area contributed by atoms with Crippen LogP contribution in [0.3, 0.4) is 0 Å². The van der Waals surface area contributed by atoms with E-state index >= 15 is 0 Å². The molecule has 0 aliphatic rings. The number of carbonyl (C=O) groups is 1. The first-order chi connectivity index (χ1) is 9.56. The van der Waals surface area contributed by atoms with Crippen LogP contribution in [0.25, 0.3) is 0 Å². The molecule has 110 valence electrons. The van der Waals surface area contributed by atoms with Gasteiger partial charge in [-0.25, -0.2) is 4.98 Å². The Morgan fingerprint density at radius 1 is 1.25 bits per heavy atom. The van der Waals surface area contributed by atoms with Gasteiger partial charge < -0.3 is 16.0 Å². The predicted octanol–water partition coefficient (Wildman–Crippen LogP) is 1.36. The fourth-order valence-electron chi connectivity index (χ4n) is 1.57. The van der Waals surface area contributed by atoms with E-state index in [-0.39, 0.29) is 18.0 Å². The number of nitro groups is 1. The standard InChI is InChI=1S/C12H19N5O3/c1-3-13-10-7-9(17(19)20)8-11(16-10)15-6-5-12(18)14-4-2/h7-8H,3-6H2,1-2H3,(H,14,18)(H2,13,15,16). The summed E-state index contributed by atoms with van der Waals surface area (Å²) >= 11 is 0. The zero-order valence-electron chi connectivity index (χ0n) is 11.6. The highest BCUT2D eigenvalue weighted by Crippen LogP contribution is 2.20. The summed E-state index contributed by atoms with van der Waals surface area (Å²) in [7, 11) is 0. The molecule has 0 aromatic carbocycles. The Bertz CT molecular complexity index is 478. The van der Waals surface area contributed by atoms with Crippen molar-refractivity contribution in [1.29, 1.82) is 0 Å². The Morgan fingerprint density at radius 2 is 1.90 bits per heavy atom. The minimum absolute atomic E-state index is 0.0449. The molecule has 0 aliphatic carbocycles. The zero-order valence-corrected chi connectivity index (χ0v) is 11.6. The SMILES string of the molecule is CCNC(=O)CCNc1cc([N+](=O)[O-])cc(NCC)n1. The number of amides is 1. The molecule has 3 N–H and O–H groups in total. The van der Waals surface area contributed by atoms with Gasteiger partial charge in [-0.2, -0.15) is 0 Å². The van der Waals surface area contributed by atoms with Gasteiger partial charge in [-0.15, -0.1) is 0 Å². The second-order valence-corrected chi connectivity index (χ2v) is 4.01. The highest BCUT2D eigenvalue weighted by molar-refractivity contribution is 5.76. The summed E-state index contributed by atoms with van der Waals surface area (Å²) in [5, 5.41) is 19.3. The van der Waals surface area contributed by atoms with Crippen LogP contribution in [0, 0.1) is 10.1 Å². The third-order valence-electron chi connectivity index (χ3n) is 2.41. The number of nitrogens with one attached hydrogen (secondary N) is 3. The number of carbonyl (C=O) groups excluding carboxylic acids is 1. The minimum Gasteiger partial charge on any atom is -0.370 e. The predicted molar refractivity (Wildman–Crippen MR) is 76.8 cm³/mol. The molecule has 8 heteroatoms. The molecular formula is C12H19N5O3. The molecule has 1 aromatic heterocycles. The number of nitrogens with zero attached hydrogens (tertiary/aromatic N) is 2. The van der Waals surface area contributed by atoms with Crippen molar-refractivity contribution in [1.82, 2.24) is 10.3 Å². The minimum atomic E-state index is -0.475. The monoisotopic (exact) mass is 281 g/mol. The van der Waals surface area contributed by atoms with E-state index < -0.39 is 4.92 Å². The molecule has 0 unspecified atom stereocenters. The lowest BCUT2D eigenvalue weighted by Crippen LogP contribution is -2.24. The van der Waals surface area contributed by atoms with Gasteiger partial charge in [-0.3, -0.25) is 14.9 Å². The number of anilines is 2. The van der Waals surface area contributed by atoms with E-state index in [4.69, 9.17) is 0 Å². The number of hydrogen-bond donors (Lipinski definition) is 3. The van der Waals surface area contributed by atoms with E-state index in [1.54, 1.807) is 0 Å². The van der Waals surface area contributed by atoms with Gasteiger partial charge in [0.2, 0.25) is 5.91 Å². The second kappa shape index (κ2) is 7.93. The average Bonchev–Trinajstić information content (AvgIpc) is 2.39. The zero-order chi connectivity index (χ0) is 15.0. The average molecular weight is 281 g/mol. The van der Waals surface area contributed by atoms with Crippen molar-refractivity contribution in [2.75, 3.05) is 30.3 Å². The normalized spacial score (nSPS) is 9.90. The van der Waals surface area contributed by atoms with Crippen molar-refractivity contribution < 1.29 is 9.72 Å². The lowest BCUT2D eigenvalue weighted by molar-refractivity contribution is -0.384. The van der Waals surface area contributed by atoms with Gasteiger partial charge in [0, 0.05) is 26.1 Å². The van der Waals surface area contributed by atoms with E-state index in [0.29, 0.717) is 31.3 Å². The smallest absolute Gasteiger partial charge is 0.276 e. The maximum atomic E-state index is 11.3. The molecule has 0 saturated carbocycles. The van der Waals surface area contributed by atoms with E-state index in [2.05, 4.69) is 20.9 Å². The van der Waals surface area contributed by atoms with E-state index in [9.17, 15) is 14.9 Å². The van der Waals surface area contributed by atoms with Crippen LogP contribution in [0.5, 0.6) is 0 Å². The van der Waals surface area contributed by atoms with E-state index in [1.807, 2.05) is 13.8 Å². The number of hydrogen-bond acceptors (Lipinski definition) is 6. The second-order valence-electron chi connectivity index (χ2n) is 4.01. The molecule has 0 atom stereocenters. The summed E-state index contributed by atoms with van der Waals surface area (Å²) in [6.45, 7) is 5.29. The summed E-state index contributed by atoms with van der Waals surface area (Å²) in [5.41, 5.74) is -0.0449. The third-order valence-corrected chi connectivity index (χ3v) is 2.41. The van der Waals surface area contributed by atoms with Gasteiger partial charge in [0.25, 0.3) is 5.69 Å². The van der Waals surface area contributed by atoms with Crippen molar-refractivity contribution in [3.8, 4) is 0 Å². The highest BCUT2D eigenvalue weighted by atomic mass is 16.6.